The highest BCUT2D eigenvalue weighted by molar-refractivity contribution is 7.91. The second-order valence-electron chi connectivity index (χ2n) is 4.37. The molecule has 0 bridgehead atoms. The fourth-order valence-electron chi connectivity index (χ4n) is 2.00. The van der Waals surface area contributed by atoms with Crippen LogP contribution in [-0.4, -0.2) is 25.7 Å². The van der Waals surface area contributed by atoms with Gasteiger partial charge in [-0.25, -0.2) is 12.8 Å². The van der Waals surface area contributed by atoms with E-state index in [1.165, 1.54) is 12.1 Å². The van der Waals surface area contributed by atoms with E-state index >= 15 is 0 Å². The number of carbonyl (C=O) groups excluding carboxylic acids is 1. The molecule has 0 saturated carbocycles. The smallest absolute Gasteiger partial charge is 0.151 e. The van der Waals surface area contributed by atoms with Gasteiger partial charge in [-0.2, -0.15) is 0 Å². The lowest BCUT2D eigenvalue weighted by atomic mass is 9.97. The summed E-state index contributed by atoms with van der Waals surface area (Å²) in [7, 11) is -3.02. The summed E-state index contributed by atoms with van der Waals surface area (Å²) in [6, 6.07) is 5.70. The van der Waals surface area contributed by atoms with E-state index in [1.807, 2.05) is 0 Å². The molecule has 1 heterocycles. The topological polar surface area (TPSA) is 51.2 Å². The molecule has 0 N–H and O–H groups in total. The van der Waals surface area contributed by atoms with Gasteiger partial charge in [0.15, 0.2) is 9.84 Å². The van der Waals surface area contributed by atoms with Gasteiger partial charge in [0, 0.05) is 12.3 Å². The quantitative estimate of drug-likeness (QED) is 0.820. The van der Waals surface area contributed by atoms with Crippen LogP contribution in [0.25, 0.3) is 0 Å². The lowest BCUT2D eigenvalue weighted by Gasteiger charge is -2.06. The summed E-state index contributed by atoms with van der Waals surface area (Å²) in [5, 5.41) is 0. The molecule has 1 aliphatic heterocycles. The van der Waals surface area contributed by atoms with Gasteiger partial charge in [0.2, 0.25) is 0 Å². The number of ketones is 1. The van der Waals surface area contributed by atoms with Crippen molar-refractivity contribution in [1.29, 1.82) is 0 Å². The molecular formula is C12H13FO3S. The van der Waals surface area contributed by atoms with Crippen LogP contribution in [0.3, 0.4) is 0 Å². The molecular weight excluding hydrogens is 243 g/mol. The summed E-state index contributed by atoms with van der Waals surface area (Å²) in [5.74, 6) is -0.729. The van der Waals surface area contributed by atoms with Gasteiger partial charge < -0.3 is 0 Å². The Labute approximate surface area is 99.6 Å². The van der Waals surface area contributed by atoms with E-state index in [9.17, 15) is 17.6 Å². The summed E-state index contributed by atoms with van der Waals surface area (Å²) in [6.07, 6.45) is 0.600. The Morgan fingerprint density at radius 2 is 1.94 bits per heavy atom. The van der Waals surface area contributed by atoms with Crippen LogP contribution in [0.1, 0.15) is 12.0 Å². The molecule has 0 aliphatic carbocycles. The minimum absolute atomic E-state index is 0.0347. The highest BCUT2D eigenvalue weighted by Gasteiger charge is 2.32. The lowest BCUT2D eigenvalue weighted by molar-refractivity contribution is -0.121. The Bertz CT molecular complexity index is 519. The van der Waals surface area contributed by atoms with Crippen molar-refractivity contribution in [2.45, 2.75) is 12.8 Å². The molecule has 0 amide bonds. The summed E-state index contributed by atoms with van der Waals surface area (Å²) < 4.78 is 35.1. The average molecular weight is 256 g/mol. The first kappa shape index (κ1) is 12.2. The second-order valence-corrected chi connectivity index (χ2v) is 6.60. The maximum atomic E-state index is 12.7. The van der Waals surface area contributed by atoms with Crippen molar-refractivity contribution in [1.82, 2.24) is 0 Å². The van der Waals surface area contributed by atoms with Crippen molar-refractivity contribution in [3.63, 3.8) is 0 Å². The molecule has 0 aromatic heterocycles. The first-order valence-electron chi connectivity index (χ1n) is 5.44. The summed E-state index contributed by atoms with van der Waals surface area (Å²) >= 11 is 0. The third kappa shape index (κ3) is 3.12. The minimum Gasteiger partial charge on any atom is -0.299 e. The first-order valence-corrected chi connectivity index (χ1v) is 7.26. The van der Waals surface area contributed by atoms with Gasteiger partial charge in [0.25, 0.3) is 0 Å². The summed E-state index contributed by atoms with van der Waals surface area (Å²) in [6.45, 7) is 0. The molecule has 0 radical (unpaired) electrons. The van der Waals surface area contributed by atoms with Crippen molar-refractivity contribution in [2.75, 3.05) is 11.5 Å². The van der Waals surface area contributed by atoms with Gasteiger partial charge in [0.1, 0.15) is 11.6 Å². The van der Waals surface area contributed by atoms with Crippen molar-refractivity contribution in [3.8, 4) is 0 Å². The number of sulfone groups is 1. The average Bonchev–Trinajstić information content (AvgIpc) is 2.62. The van der Waals surface area contributed by atoms with Crippen LogP contribution in [0.4, 0.5) is 4.39 Å². The molecule has 1 aromatic carbocycles. The molecule has 2 rings (SSSR count). The Hall–Kier alpha value is -1.23. The van der Waals surface area contributed by atoms with Gasteiger partial charge >= 0.3 is 0 Å². The van der Waals surface area contributed by atoms with Gasteiger partial charge in [-0.15, -0.1) is 0 Å². The van der Waals surface area contributed by atoms with Crippen LogP contribution in [0.2, 0.25) is 0 Å². The van der Waals surface area contributed by atoms with Gasteiger partial charge in [-0.05, 0) is 24.1 Å². The Balaban J connectivity index is 2.01. The maximum absolute atomic E-state index is 12.7. The van der Waals surface area contributed by atoms with Crippen molar-refractivity contribution in [3.05, 3.63) is 35.6 Å². The van der Waals surface area contributed by atoms with E-state index < -0.39 is 9.84 Å². The Morgan fingerprint density at radius 3 is 2.47 bits per heavy atom. The number of benzene rings is 1. The van der Waals surface area contributed by atoms with E-state index in [2.05, 4.69) is 0 Å². The van der Waals surface area contributed by atoms with Crippen LogP contribution in [0.15, 0.2) is 24.3 Å². The molecule has 1 saturated heterocycles. The van der Waals surface area contributed by atoms with Crippen LogP contribution >= 0.6 is 0 Å². The van der Waals surface area contributed by atoms with Crippen LogP contribution < -0.4 is 0 Å². The van der Waals surface area contributed by atoms with Crippen molar-refractivity contribution < 1.29 is 17.6 Å². The zero-order valence-electron chi connectivity index (χ0n) is 9.23. The lowest BCUT2D eigenvalue weighted by Crippen LogP contribution is -2.18. The third-order valence-electron chi connectivity index (χ3n) is 2.98. The first-order chi connectivity index (χ1) is 7.96. The number of Topliss-reactive ketones (excluding diaryl/α,β-unsaturated/α-hetero) is 1. The zero-order valence-corrected chi connectivity index (χ0v) is 10.0. The van der Waals surface area contributed by atoms with E-state index in [-0.39, 0.29) is 35.4 Å². The van der Waals surface area contributed by atoms with Crippen LogP contribution in [0.5, 0.6) is 0 Å². The molecule has 1 unspecified atom stereocenters. The zero-order chi connectivity index (χ0) is 12.5. The molecule has 1 aromatic rings. The number of carbonyl (C=O) groups is 1. The second kappa shape index (κ2) is 4.56. The van der Waals surface area contributed by atoms with E-state index in [4.69, 9.17) is 0 Å². The monoisotopic (exact) mass is 256 g/mol. The minimum atomic E-state index is -3.02. The molecule has 1 atom stereocenters. The SMILES string of the molecule is O=C(Cc1ccc(F)cc1)C1CCS(=O)(=O)C1. The molecule has 0 spiro atoms. The summed E-state index contributed by atoms with van der Waals surface area (Å²) in [4.78, 5) is 11.8. The van der Waals surface area contributed by atoms with E-state index in [0.717, 1.165) is 5.56 Å². The van der Waals surface area contributed by atoms with E-state index in [1.54, 1.807) is 12.1 Å². The number of hydrogen-bond acceptors (Lipinski definition) is 3. The predicted molar refractivity (Wildman–Crippen MR) is 61.9 cm³/mol. The number of rotatable bonds is 3. The largest absolute Gasteiger partial charge is 0.299 e. The molecule has 3 nitrogen and oxygen atoms in total. The van der Waals surface area contributed by atoms with Gasteiger partial charge in [0.05, 0.1) is 11.5 Å². The molecule has 5 heteroatoms. The van der Waals surface area contributed by atoms with Crippen LogP contribution in [-0.2, 0) is 21.1 Å². The molecule has 17 heavy (non-hydrogen) atoms. The standard InChI is InChI=1S/C12H13FO3S/c13-11-3-1-9(2-4-11)7-12(14)10-5-6-17(15,16)8-10/h1-4,10H,5-8H2. The molecule has 92 valence electrons. The molecule has 1 aliphatic rings. The Morgan fingerprint density at radius 1 is 1.29 bits per heavy atom. The van der Waals surface area contributed by atoms with E-state index in [0.29, 0.717) is 6.42 Å². The fourth-order valence-corrected chi connectivity index (χ4v) is 3.77. The van der Waals surface area contributed by atoms with Crippen LogP contribution in [0, 0.1) is 11.7 Å². The normalized spacial score (nSPS) is 22.5. The third-order valence-corrected chi connectivity index (χ3v) is 4.75. The Kier molecular flexibility index (Phi) is 3.28. The van der Waals surface area contributed by atoms with Crippen molar-refractivity contribution in [2.24, 2.45) is 5.92 Å². The number of halogens is 1. The highest BCUT2D eigenvalue weighted by Crippen LogP contribution is 2.21. The highest BCUT2D eigenvalue weighted by atomic mass is 32.2. The summed E-state index contributed by atoms with van der Waals surface area (Å²) in [5.41, 5.74) is 0.723. The van der Waals surface area contributed by atoms with Gasteiger partial charge in [-0.3, -0.25) is 4.79 Å². The molecule has 1 fully saturated rings. The predicted octanol–water partition coefficient (Wildman–Crippen LogP) is 1.37. The van der Waals surface area contributed by atoms with Crippen molar-refractivity contribution >= 4 is 15.6 Å². The maximum Gasteiger partial charge on any atom is 0.151 e. The fraction of sp³-hybridized carbons (Fsp3) is 0.417. The number of hydrogen-bond donors (Lipinski definition) is 0. The van der Waals surface area contributed by atoms with Gasteiger partial charge in [-0.1, -0.05) is 12.1 Å².